The van der Waals surface area contributed by atoms with Crippen molar-refractivity contribution in [2.75, 3.05) is 5.32 Å². The molecule has 1 N–H and O–H groups in total. The van der Waals surface area contributed by atoms with Crippen LogP contribution in [0.5, 0.6) is 0 Å². The van der Waals surface area contributed by atoms with Crippen molar-refractivity contribution in [1.82, 2.24) is 24.7 Å². The van der Waals surface area contributed by atoms with E-state index in [-0.39, 0.29) is 0 Å². The van der Waals surface area contributed by atoms with Gasteiger partial charge in [-0.25, -0.2) is 9.97 Å². The standard InChI is InChI=1S/C14H14N6/c1-11-15-6-5-13(19-11)8-16-12-3-2-4-14(7-12)20-9-17-18-10-20/h2-7,9-10,16H,8H2,1H3. The van der Waals surface area contributed by atoms with E-state index in [1.54, 1.807) is 18.9 Å². The van der Waals surface area contributed by atoms with E-state index < -0.39 is 0 Å². The molecule has 2 heterocycles. The van der Waals surface area contributed by atoms with Gasteiger partial charge in [0.25, 0.3) is 0 Å². The lowest BCUT2D eigenvalue weighted by atomic mass is 10.2. The predicted molar refractivity (Wildman–Crippen MR) is 75.5 cm³/mol. The minimum atomic E-state index is 0.662. The smallest absolute Gasteiger partial charge is 0.125 e. The van der Waals surface area contributed by atoms with Crippen LogP contribution in [0.3, 0.4) is 0 Å². The molecule has 0 aliphatic carbocycles. The number of nitrogens with one attached hydrogen (secondary N) is 1. The first-order chi connectivity index (χ1) is 9.81. The summed E-state index contributed by atoms with van der Waals surface area (Å²) < 4.78 is 1.86. The minimum Gasteiger partial charge on any atom is -0.379 e. The second-order valence-electron chi connectivity index (χ2n) is 4.37. The summed E-state index contributed by atoms with van der Waals surface area (Å²) in [5.74, 6) is 0.780. The molecule has 0 saturated carbocycles. The molecule has 0 atom stereocenters. The Kier molecular flexibility index (Phi) is 3.36. The molecule has 1 aromatic carbocycles. The Labute approximate surface area is 116 Å². The van der Waals surface area contributed by atoms with Gasteiger partial charge in [0.1, 0.15) is 18.5 Å². The number of benzene rings is 1. The van der Waals surface area contributed by atoms with Gasteiger partial charge < -0.3 is 5.32 Å². The summed E-state index contributed by atoms with van der Waals surface area (Å²) in [4.78, 5) is 8.45. The highest BCUT2D eigenvalue weighted by atomic mass is 15.2. The van der Waals surface area contributed by atoms with Crippen LogP contribution in [-0.4, -0.2) is 24.7 Å². The van der Waals surface area contributed by atoms with Crippen molar-refractivity contribution in [1.29, 1.82) is 0 Å². The average molecular weight is 266 g/mol. The van der Waals surface area contributed by atoms with E-state index in [0.717, 1.165) is 22.9 Å². The monoisotopic (exact) mass is 266 g/mol. The summed E-state index contributed by atoms with van der Waals surface area (Å²) >= 11 is 0. The summed E-state index contributed by atoms with van der Waals surface area (Å²) in [6.45, 7) is 2.55. The van der Waals surface area contributed by atoms with Crippen molar-refractivity contribution in [2.24, 2.45) is 0 Å². The first-order valence-electron chi connectivity index (χ1n) is 6.29. The fraction of sp³-hybridized carbons (Fsp3) is 0.143. The molecule has 2 aromatic heterocycles. The lowest BCUT2D eigenvalue weighted by Crippen LogP contribution is -2.03. The first kappa shape index (κ1) is 12.3. The third kappa shape index (κ3) is 2.80. The predicted octanol–water partition coefficient (Wildman–Crippen LogP) is 1.98. The molecule has 0 aliphatic rings. The van der Waals surface area contributed by atoms with Gasteiger partial charge in [-0.2, -0.15) is 0 Å². The Balaban J connectivity index is 1.73. The van der Waals surface area contributed by atoms with Gasteiger partial charge in [0.15, 0.2) is 0 Å². The number of anilines is 1. The van der Waals surface area contributed by atoms with Gasteiger partial charge in [0, 0.05) is 11.9 Å². The minimum absolute atomic E-state index is 0.662. The van der Waals surface area contributed by atoms with Gasteiger partial charge in [0.05, 0.1) is 17.9 Å². The average Bonchev–Trinajstić information content (AvgIpc) is 3.00. The highest BCUT2D eigenvalue weighted by Crippen LogP contribution is 2.14. The Morgan fingerprint density at radius 1 is 1.15 bits per heavy atom. The zero-order valence-electron chi connectivity index (χ0n) is 11.1. The largest absolute Gasteiger partial charge is 0.379 e. The van der Waals surface area contributed by atoms with Crippen LogP contribution in [-0.2, 0) is 6.54 Å². The van der Waals surface area contributed by atoms with Crippen molar-refractivity contribution in [3.05, 3.63) is 60.7 Å². The topological polar surface area (TPSA) is 68.5 Å². The van der Waals surface area contributed by atoms with Crippen LogP contribution in [0.25, 0.3) is 5.69 Å². The van der Waals surface area contributed by atoms with Crippen LogP contribution >= 0.6 is 0 Å². The molecule has 0 amide bonds. The number of rotatable bonds is 4. The maximum absolute atomic E-state index is 4.36. The summed E-state index contributed by atoms with van der Waals surface area (Å²) in [7, 11) is 0. The number of hydrogen-bond donors (Lipinski definition) is 1. The number of hydrogen-bond acceptors (Lipinski definition) is 5. The quantitative estimate of drug-likeness (QED) is 0.782. The Hall–Kier alpha value is -2.76. The Morgan fingerprint density at radius 2 is 2.00 bits per heavy atom. The fourth-order valence-corrected chi connectivity index (χ4v) is 1.91. The maximum Gasteiger partial charge on any atom is 0.125 e. The maximum atomic E-state index is 4.36. The van der Waals surface area contributed by atoms with E-state index in [0.29, 0.717) is 6.54 Å². The molecule has 0 saturated heterocycles. The van der Waals surface area contributed by atoms with E-state index in [4.69, 9.17) is 0 Å². The molecule has 0 radical (unpaired) electrons. The van der Waals surface area contributed by atoms with Gasteiger partial charge in [-0.15, -0.1) is 10.2 Å². The lowest BCUT2D eigenvalue weighted by Gasteiger charge is -2.08. The van der Waals surface area contributed by atoms with Gasteiger partial charge in [-0.05, 0) is 31.2 Å². The highest BCUT2D eigenvalue weighted by Gasteiger charge is 2.00. The van der Waals surface area contributed by atoms with E-state index in [9.17, 15) is 0 Å². The third-order valence-electron chi connectivity index (χ3n) is 2.87. The van der Waals surface area contributed by atoms with Crippen molar-refractivity contribution in [3.63, 3.8) is 0 Å². The zero-order chi connectivity index (χ0) is 13.8. The van der Waals surface area contributed by atoms with Crippen molar-refractivity contribution >= 4 is 5.69 Å². The van der Waals surface area contributed by atoms with Gasteiger partial charge >= 0.3 is 0 Å². The lowest BCUT2D eigenvalue weighted by molar-refractivity contribution is 0.954. The Morgan fingerprint density at radius 3 is 2.80 bits per heavy atom. The van der Waals surface area contributed by atoms with Crippen LogP contribution in [0.2, 0.25) is 0 Å². The molecule has 0 aliphatic heterocycles. The number of nitrogens with zero attached hydrogens (tertiary/aromatic N) is 5. The fourth-order valence-electron chi connectivity index (χ4n) is 1.91. The molecule has 100 valence electrons. The summed E-state index contributed by atoms with van der Waals surface area (Å²) in [5, 5.41) is 11.0. The summed E-state index contributed by atoms with van der Waals surface area (Å²) in [5.41, 5.74) is 3.00. The van der Waals surface area contributed by atoms with Crippen molar-refractivity contribution in [2.45, 2.75) is 13.5 Å². The molecule has 6 heteroatoms. The molecular weight excluding hydrogens is 252 g/mol. The number of aryl methyl sites for hydroxylation is 1. The Bertz CT molecular complexity index is 692. The first-order valence-corrected chi connectivity index (χ1v) is 6.29. The van der Waals surface area contributed by atoms with Crippen LogP contribution in [0, 0.1) is 6.92 Å². The normalized spacial score (nSPS) is 10.4. The summed E-state index contributed by atoms with van der Waals surface area (Å²) in [6.07, 6.45) is 5.12. The number of aromatic nitrogens is 5. The van der Waals surface area contributed by atoms with Gasteiger partial charge in [-0.3, -0.25) is 4.57 Å². The molecule has 20 heavy (non-hydrogen) atoms. The SMILES string of the molecule is Cc1nccc(CNc2cccc(-n3cnnc3)c2)n1. The molecule has 3 aromatic rings. The second-order valence-corrected chi connectivity index (χ2v) is 4.37. The molecule has 0 fully saturated rings. The van der Waals surface area contributed by atoms with E-state index >= 15 is 0 Å². The molecule has 0 spiro atoms. The zero-order valence-corrected chi connectivity index (χ0v) is 11.1. The van der Waals surface area contributed by atoms with Gasteiger partial charge in [0.2, 0.25) is 0 Å². The third-order valence-corrected chi connectivity index (χ3v) is 2.87. The van der Waals surface area contributed by atoms with E-state index in [1.807, 2.05) is 41.8 Å². The molecule has 3 rings (SSSR count). The highest BCUT2D eigenvalue weighted by molar-refractivity contribution is 5.51. The van der Waals surface area contributed by atoms with Crippen molar-refractivity contribution in [3.8, 4) is 5.69 Å². The second kappa shape index (κ2) is 5.48. The molecule has 0 unspecified atom stereocenters. The van der Waals surface area contributed by atoms with Crippen LogP contribution in [0.4, 0.5) is 5.69 Å². The van der Waals surface area contributed by atoms with Crippen molar-refractivity contribution < 1.29 is 0 Å². The summed E-state index contributed by atoms with van der Waals surface area (Å²) in [6, 6.07) is 9.95. The van der Waals surface area contributed by atoms with E-state index in [2.05, 4.69) is 25.5 Å². The molecule has 6 nitrogen and oxygen atoms in total. The molecule has 0 bridgehead atoms. The van der Waals surface area contributed by atoms with Crippen LogP contribution < -0.4 is 5.32 Å². The van der Waals surface area contributed by atoms with E-state index in [1.165, 1.54) is 0 Å². The van der Waals surface area contributed by atoms with Crippen LogP contribution in [0.1, 0.15) is 11.5 Å². The van der Waals surface area contributed by atoms with Crippen LogP contribution in [0.15, 0.2) is 49.2 Å². The van der Waals surface area contributed by atoms with Gasteiger partial charge in [-0.1, -0.05) is 6.07 Å². The molecular formula is C14H14N6.